The van der Waals surface area contributed by atoms with Crippen LogP contribution in [0, 0.1) is 6.92 Å². The lowest BCUT2D eigenvalue weighted by Gasteiger charge is -2.33. The average molecular weight is 363 g/mol. The fourth-order valence-electron chi connectivity index (χ4n) is 3.33. The van der Waals surface area contributed by atoms with Gasteiger partial charge in [-0.2, -0.15) is 0 Å². The molecule has 0 bridgehead atoms. The van der Waals surface area contributed by atoms with Gasteiger partial charge >= 0.3 is 11.6 Å². The number of cyclic esters (lactones) is 1. The molecule has 1 atom stereocenters. The monoisotopic (exact) mass is 363 g/mol. The van der Waals surface area contributed by atoms with Crippen LogP contribution in [0.2, 0.25) is 0 Å². The fourth-order valence-corrected chi connectivity index (χ4v) is 3.33. The Kier molecular flexibility index (Phi) is 3.84. The van der Waals surface area contributed by atoms with Crippen LogP contribution in [-0.2, 0) is 16.0 Å². The van der Waals surface area contributed by atoms with Gasteiger partial charge in [-0.25, -0.2) is 9.59 Å². The Hall–Kier alpha value is -3.41. The highest BCUT2D eigenvalue weighted by atomic mass is 16.6. The quantitative estimate of drug-likeness (QED) is 0.558. The number of ether oxygens (including phenoxy) is 1. The molecule has 4 rings (SSSR count). The van der Waals surface area contributed by atoms with E-state index in [9.17, 15) is 14.4 Å². The van der Waals surface area contributed by atoms with Crippen molar-refractivity contribution < 1.29 is 18.7 Å². The van der Waals surface area contributed by atoms with Crippen molar-refractivity contribution in [2.75, 3.05) is 5.32 Å². The van der Waals surface area contributed by atoms with E-state index in [1.807, 2.05) is 19.1 Å². The standard InChI is InChI=1S/C21H17NO5/c1-12-9-18(23)26-17-10-14(7-8-15(12)17)22-20(25)21(2)11-13-5-3-4-6-16(13)19(24)27-21/h3-10H,11H2,1-2H3,(H,22,25). The summed E-state index contributed by atoms with van der Waals surface area (Å²) in [6.45, 7) is 3.40. The molecule has 1 amide bonds. The molecule has 0 saturated heterocycles. The van der Waals surface area contributed by atoms with E-state index in [-0.39, 0.29) is 6.42 Å². The molecule has 1 aliphatic rings. The van der Waals surface area contributed by atoms with Crippen LogP contribution in [0.15, 0.2) is 57.7 Å². The molecule has 1 aliphatic heterocycles. The van der Waals surface area contributed by atoms with Gasteiger partial charge in [0.05, 0.1) is 5.56 Å². The number of hydrogen-bond acceptors (Lipinski definition) is 5. The van der Waals surface area contributed by atoms with Gasteiger partial charge in [0.2, 0.25) is 0 Å². The predicted molar refractivity (Wildman–Crippen MR) is 99.8 cm³/mol. The normalized spacial score (nSPS) is 18.7. The highest BCUT2D eigenvalue weighted by Gasteiger charge is 2.42. The molecule has 0 spiro atoms. The maximum Gasteiger partial charge on any atom is 0.339 e. The second kappa shape index (κ2) is 6.09. The molecule has 1 aromatic heterocycles. The smallest absolute Gasteiger partial charge is 0.339 e. The lowest BCUT2D eigenvalue weighted by atomic mass is 9.89. The molecule has 27 heavy (non-hydrogen) atoms. The number of hydrogen-bond donors (Lipinski definition) is 1. The second-order valence-corrected chi connectivity index (χ2v) is 6.87. The first kappa shape index (κ1) is 17.0. The largest absolute Gasteiger partial charge is 0.445 e. The molecule has 3 aromatic rings. The van der Waals surface area contributed by atoms with E-state index < -0.39 is 23.1 Å². The lowest BCUT2D eigenvalue weighted by Crippen LogP contribution is -2.48. The summed E-state index contributed by atoms with van der Waals surface area (Å²) in [6, 6.07) is 13.6. The summed E-state index contributed by atoms with van der Waals surface area (Å²) in [4.78, 5) is 36.7. The van der Waals surface area contributed by atoms with Gasteiger partial charge in [0.25, 0.3) is 5.91 Å². The molecule has 0 radical (unpaired) electrons. The summed E-state index contributed by atoms with van der Waals surface area (Å²) < 4.78 is 10.6. The molecule has 6 heteroatoms. The predicted octanol–water partition coefficient (Wildman–Crippen LogP) is 3.21. The van der Waals surface area contributed by atoms with Crippen LogP contribution in [0.1, 0.15) is 28.4 Å². The van der Waals surface area contributed by atoms with Crippen LogP contribution in [0.25, 0.3) is 11.0 Å². The van der Waals surface area contributed by atoms with Gasteiger partial charge in [0.1, 0.15) is 5.58 Å². The van der Waals surface area contributed by atoms with Crippen molar-refractivity contribution in [3.8, 4) is 0 Å². The van der Waals surface area contributed by atoms with Crippen molar-refractivity contribution in [2.45, 2.75) is 25.9 Å². The molecule has 2 heterocycles. The minimum absolute atomic E-state index is 0.280. The maximum absolute atomic E-state index is 12.8. The van der Waals surface area contributed by atoms with Crippen LogP contribution in [-0.4, -0.2) is 17.5 Å². The Labute approximate surface area is 154 Å². The third kappa shape index (κ3) is 2.99. The number of carbonyl (C=O) groups is 2. The molecule has 136 valence electrons. The van der Waals surface area contributed by atoms with E-state index in [1.54, 1.807) is 37.3 Å². The zero-order chi connectivity index (χ0) is 19.2. The number of fused-ring (bicyclic) bond motifs is 2. The summed E-state index contributed by atoms with van der Waals surface area (Å²) in [5, 5.41) is 3.55. The summed E-state index contributed by atoms with van der Waals surface area (Å²) in [6.07, 6.45) is 0.280. The van der Waals surface area contributed by atoms with Gasteiger partial charge in [0.15, 0.2) is 5.60 Å². The zero-order valence-corrected chi connectivity index (χ0v) is 14.9. The van der Waals surface area contributed by atoms with Gasteiger partial charge in [-0.3, -0.25) is 4.79 Å². The number of nitrogens with one attached hydrogen (secondary N) is 1. The molecule has 0 fully saturated rings. The molecule has 2 aromatic carbocycles. The molecule has 0 aliphatic carbocycles. The highest BCUT2D eigenvalue weighted by molar-refractivity contribution is 6.03. The van der Waals surface area contributed by atoms with E-state index in [0.717, 1.165) is 16.5 Å². The molecule has 0 saturated carbocycles. The average Bonchev–Trinajstić information content (AvgIpc) is 2.61. The number of amides is 1. The molecule has 1 N–H and O–H groups in total. The van der Waals surface area contributed by atoms with Crippen molar-refractivity contribution in [1.29, 1.82) is 0 Å². The van der Waals surface area contributed by atoms with E-state index in [1.165, 1.54) is 6.07 Å². The Balaban J connectivity index is 1.63. The summed E-state index contributed by atoms with van der Waals surface area (Å²) in [5.41, 5.74) is 1.11. The number of rotatable bonds is 2. The first-order valence-electron chi connectivity index (χ1n) is 8.53. The Morgan fingerprint density at radius 1 is 1.11 bits per heavy atom. The zero-order valence-electron chi connectivity index (χ0n) is 14.9. The fraction of sp³-hybridized carbons (Fsp3) is 0.190. The van der Waals surface area contributed by atoms with E-state index in [0.29, 0.717) is 16.8 Å². The van der Waals surface area contributed by atoms with Gasteiger partial charge in [-0.1, -0.05) is 18.2 Å². The van der Waals surface area contributed by atoms with Gasteiger partial charge < -0.3 is 14.5 Å². The van der Waals surface area contributed by atoms with Gasteiger partial charge in [0, 0.05) is 29.6 Å². The van der Waals surface area contributed by atoms with Crippen molar-refractivity contribution in [2.24, 2.45) is 0 Å². The minimum Gasteiger partial charge on any atom is -0.445 e. The van der Waals surface area contributed by atoms with E-state index >= 15 is 0 Å². The highest BCUT2D eigenvalue weighted by Crippen LogP contribution is 2.30. The number of carbonyl (C=O) groups excluding carboxylic acids is 2. The first-order chi connectivity index (χ1) is 12.9. The summed E-state index contributed by atoms with van der Waals surface area (Å²) >= 11 is 0. The number of benzene rings is 2. The van der Waals surface area contributed by atoms with Crippen LogP contribution >= 0.6 is 0 Å². The third-order valence-electron chi connectivity index (χ3n) is 4.77. The van der Waals surface area contributed by atoms with Crippen molar-refractivity contribution in [3.05, 3.63) is 75.6 Å². The van der Waals surface area contributed by atoms with E-state index in [2.05, 4.69) is 5.32 Å². The lowest BCUT2D eigenvalue weighted by molar-refractivity contribution is -0.134. The Morgan fingerprint density at radius 2 is 1.89 bits per heavy atom. The topological polar surface area (TPSA) is 85.6 Å². The molecular weight excluding hydrogens is 346 g/mol. The molecular formula is C21H17NO5. The van der Waals surface area contributed by atoms with Gasteiger partial charge in [-0.05, 0) is 43.2 Å². The van der Waals surface area contributed by atoms with E-state index in [4.69, 9.17) is 9.15 Å². The maximum atomic E-state index is 12.8. The number of esters is 1. The number of aryl methyl sites for hydroxylation is 1. The number of anilines is 1. The first-order valence-corrected chi connectivity index (χ1v) is 8.53. The van der Waals surface area contributed by atoms with Crippen LogP contribution in [0.5, 0.6) is 0 Å². The summed E-state index contributed by atoms with van der Waals surface area (Å²) in [7, 11) is 0. The van der Waals surface area contributed by atoms with Gasteiger partial charge in [-0.15, -0.1) is 0 Å². The Bertz CT molecular complexity index is 1150. The third-order valence-corrected chi connectivity index (χ3v) is 4.77. The molecule has 6 nitrogen and oxygen atoms in total. The SMILES string of the molecule is Cc1cc(=O)oc2cc(NC(=O)C3(C)Cc4ccccc4C(=O)O3)ccc12. The van der Waals surface area contributed by atoms with Crippen molar-refractivity contribution >= 4 is 28.5 Å². The van der Waals surface area contributed by atoms with Crippen molar-refractivity contribution in [3.63, 3.8) is 0 Å². The van der Waals surface area contributed by atoms with Crippen LogP contribution < -0.4 is 10.9 Å². The van der Waals surface area contributed by atoms with Crippen LogP contribution in [0.4, 0.5) is 5.69 Å². The van der Waals surface area contributed by atoms with Crippen LogP contribution in [0.3, 0.4) is 0 Å². The molecule has 1 unspecified atom stereocenters. The Morgan fingerprint density at radius 3 is 2.70 bits per heavy atom. The van der Waals surface area contributed by atoms with Crippen molar-refractivity contribution in [1.82, 2.24) is 0 Å². The second-order valence-electron chi connectivity index (χ2n) is 6.87. The minimum atomic E-state index is -1.33. The summed E-state index contributed by atoms with van der Waals surface area (Å²) in [5.74, 6) is -0.964.